The van der Waals surface area contributed by atoms with E-state index in [-0.39, 0.29) is 6.04 Å². The zero-order valence-electron chi connectivity index (χ0n) is 11.7. The number of nitrogens with two attached hydrogens (primary N) is 1. The van der Waals surface area contributed by atoms with Crippen molar-refractivity contribution in [1.82, 2.24) is 10.1 Å². The van der Waals surface area contributed by atoms with Crippen LogP contribution in [0.3, 0.4) is 0 Å². The Morgan fingerprint density at radius 1 is 1.14 bits per heavy atom. The lowest BCUT2D eigenvalue weighted by molar-refractivity contribution is 0.373. The summed E-state index contributed by atoms with van der Waals surface area (Å²) in [5.41, 5.74) is 7.31. The molecule has 21 heavy (non-hydrogen) atoms. The maximum Gasteiger partial charge on any atom is 0.231 e. The van der Waals surface area contributed by atoms with Gasteiger partial charge in [-0.05, 0) is 35.1 Å². The number of hydrogen-bond donors (Lipinski definition) is 1. The van der Waals surface area contributed by atoms with Crippen LogP contribution in [0.2, 0.25) is 0 Å². The molecule has 2 aromatic carbocycles. The molecule has 1 aliphatic carbocycles. The van der Waals surface area contributed by atoms with Crippen LogP contribution in [-0.4, -0.2) is 10.1 Å². The number of aromatic nitrogens is 2. The highest BCUT2D eigenvalue weighted by atomic mass is 16.5. The van der Waals surface area contributed by atoms with E-state index in [1.165, 1.54) is 29.2 Å². The van der Waals surface area contributed by atoms with Gasteiger partial charge < -0.3 is 10.3 Å². The predicted molar refractivity (Wildman–Crippen MR) is 80.7 cm³/mol. The van der Waals surface area contributed by atoms with Gasteiger partial charge in [0.1, 0.15) is 0 Å². The van der Waals surface area contributed by atoms with Crippen molar-refractivity contribution in [3.63, 3.8) is 0 Å². The molecule has 0 aliphatic heterocycles. The van der Waals surface area contributed by atoms with Crippen molar-refractivity contribution in [3.8, 4) is 0 Å². The lowest BCUT2D eigenvalue weighted by Crippen LogP contribution is -2.14. The third-order valence-corrected chi connectivity index (χ3v) is 4.13. The average Bonchev–Trinajstić information content (AvgIpc) is 3.27. The van der Waals surface area contributed by atoms with Crippen LogP contribution in [0.4, 0.5) is 0 Å². The minimum Gasteiger partial charge on any atom is -0.339 e. The minimum absolute atomic E-state index is 0.0741. The van der Waals surface area contributed by atoms with Gasteiger partial charge in [-0.2, -0.15) is 4.98 Å². The van der Waals surface area contributed by atoms with Gasteiger partial charge in [0.25, 0.3) is 0 Å². The van der Waals surface area contributed by atoms with Crippen molar-refractivity contribution in [3.05, 3.63) is 59.7 Å². The number of nitrogens with zero attached hydrogens (tertiary/aromatic N) is 2. The summed E-state index contributed by atoms with van der Waals surface area (Å²) in [4.78, 5) is 4.47. The highest BCUT2D eigenvalue weighted by Crippen LogP contribution is 2.38. The topological polar surface area (TPSA) is 64.9 Å². The number of benzene rings is 2. The van der Waals surface area contributed by atoms with E-state index >= 15 is 0 Å². The van der Waals surface area contributed by atoms with Crippen molar-refractivity contribution < 1.29 is 4.52 Å². The summed E-state index contributed by atoms with van der Waals surface area (Å²) >= 11 is 0. The Morgan fingerprint density at radius 2 is 1.95 bits per heavy atom. The molecule has 4 nitrogen and oxygen atoms in total. The Morgan fingerprint density at radius 3 is 2.81 bits per heavy atom. The third-order valence-electron chi connectivity index (χ3n) is 4.13. The van der Waals surface area contributed by atoms with Crippen LogP contribution < -0.4 is 5.73 Å². The Bertz CT molecular complexity index is 771. The van der Waals surface area contributed by atoms with E-state index in [1.54, 1.807) is 0 Å². The maximum atomic E-state index is 6.11. The van der Waals surface area contributed by atoms with Crippen LogP contribution in [0, 0.1) is 5.92 Å². The Kier molecular flexibility index (Phi) is 2.97. The molecule has 1 saturated carbocycles. The van der Waals surface area contributed by atoms with Gasteiger partial charge in [-0.1, -0.05) is 47.6 Å². The standard InChI is InChI=1S/C17H17N3O/c18-16(12-8-9-12)17-19-15(21-20-17)10-13-6-3-5-11-4-1-2-7-14(11)13/h1-7,12,16H,8-10,18H2. The van der Waals surface area contributed by atoms with E-state index in [0.717, 1.165) is 0 Å². The molecule has 0 spiro atoms. The molecule has 0 bridgehead atoms. The molecule has 1 atom stereocenters. The molecular formula is C17H17N3O. The normalized spacial score (nSPS) is 16.2. The van der Waals surface area contributed by atoms with Crippen LogP contribution in [0.15, 0.2) is 47.0 Å². The summed E-state index contributed by atoms with van der Waals surface area (Å²) in [7, 11) is 0. The molecule has 1 aliphatic rings. The molecular weight excluding hydrogens is 262 g/mol. The van der Waals surface area contributed by atoms with Crippen molar-refractivity contribution in [2.45, 2.75) is 25.3 Å². The molecule has 106 valence electrons. The van der Waals surface area contributed by atoms with E-state index in [0.29, 0.717) is 24.1 Å². The second-order valence-electron chi connectivity index (χ2n) is 5.72. The second-order valence-corrected chi connectivity index (χ2v) is 5.72. The molecule has 4 heteroatoms. The average molecular weight is 279 g/mol. The van der Waals surface area contributed by atoms with E-state index in [4.69, 9.17) is 10.3 Å². The zero-order valence-corrected chi connectivity index (χ0v) is 11.7. The molecule has 0 saturated heterocycles. The SMILES string of the molecule is NC(c1noc(Cc2cccc3ccccc23)n1)C1CC1. The summed E-state index contributed by atoms with van der Waals surface area (Å²) < 4.78 is 5.38. The highest BCUT2D eigenvalue weighted by molar-refractivity contribution is 5.85. The van der Waals surface area contributed by atoms with Gasteiger partial charge in [0, 0.05) is 0 Å². The fraction of sp³-hybridized carbons (Fsp3) is 0.294. The number of hydrogen-bond acceptors (Lipinski definition) is 4. The number of rotatable bonds is 4. The molecule has 2 N–H and O–H groups in total. The molecule has 3 aromatic rings. The van der Waals surface area contributed by atoms with Gasteiger partial charge >= 0.3 is 0 Å². The molecule has 1 heterocycles. The fourth-order valence-corrected chi connectivity index (χ4v) is 2.75. The first-order valence-corrected chi connectivity index (χ1v) is 7.36. The Balaban J connectivity index is 1.62. The lowest BCUT2D eigenvalue weighted by Gasteiger charge is -2.04. The second kappa shape index (κ2) is 4.97. The van der Waals surface area contributed by atoms with Crippen molar-refractivity contribution in [2.24, 2.45) is 11.7 Å². The van der Waals surface area contributed by atoms with Gasteiger partial charge in [0.05, 0.1) is 12.5 Å². The van der Waals surface area contributed by atoms with Crippen molar-refractivity contribution in [1.29, 1.82) is 0 Å². The molecule has 1 unspecified atom stereocenters. The largest absolute Gasteiger partial charge is 0.339 e. The highest BCUT2D eigenvalue weighted by Gasteiger charge is 2.32. The van der Waals surface area contributed by atoms with E-state index in [2.05, 4.69) is 40.5 Å². The Hall–Kier alpha value is -2.20. The van der Waals surface area contributed by atoms with Crippen molar-refractivity contribution >= 4 is 10.8 Å². The molecule has 0 radical (unpaired) electrons. The van der Waals surface area contributed by atoms with Gasteiger partial charge in [-0.25, -0.2) is 0 Å². The first-order valence-electron chi connectivity index (χ1n) is 7.36. The summed E-state index contributed by atoms with van der Waals surface area (Å²) in [5.74, 6) is 1.82. The van der Waals surface area contributed by atoms with Crippen LogP contribution >= 0.6 is 0 Å². The Labute approximate surface area is 123 Å². The summed E-state index contributed by atoms with van der Waals surface area (Å²) in [5, 5.41) is 6.50. The predicted octanol–water partition coefficient (Wildman–Crippen LogP) is 3.22. The van der Waals surface area contributed by atoms with E-state index in [9.17, 15) is 0 Å². The van der Waals surface area contributed by atoms with Crippen LogP contribution in [0.5, 0.6) is 0 Å². The third kappa shape index (κ3) is 2.43. The molecule has 4 rings (SSSR count). The molecule has 1 fully saturated rings. The van der Waals surface area contributed by atoms with Crippen LogP contribution in [0.25, 0.3) is 10.8 Å². The minimum atomic E-state index is -0.0741. The van der Waals surface area contributed by atoms with E-state index in [1.807, 2.05) is 12.1 Å². The first kappa shape index (κ1) is 12.5. The maximum absolute atomic E-state index is 6.11. The summed E-state index contributed by atoms with van der Waals surface area (Å²) in [6.45, 7) is 0. The van der Waals surface area contributed by atoms with E-state index < -0.39 is 0 Å². The van der Waals surface area contributed by atoms with Crippen LogP contribution in [-0.2, 0) is 6.42 Å². The smallest absolute Gasteiger partial charge is 0.231 e. The van der Waals surface area contributed by atoms with Gasteiger partial charge in [-0.3, -0.25) is 0 Å². The molecule has 0 amide bonds. The summed E-state index contributed by atoms with van der Waals surface area (Å²) in [6, 6.07) is 14.5. The monoisotopic (exact) mass is 279 g/mol. The van der Waals surface area contributed by atoms with Gasteiger partial charge in [-0.15, -0.1) is 0 Å². The lowest BCUT2D eigenvalue weighted by atomic mass is 10.0. The van der Waals surface area contributed by atoms with Gasteiger partial charge in [0.2, 0.25) is 5.89 Å². The van der Waals surface area contributed by atoms with Crippen molar-refractivity contribution in [2.75, 3.05) is 0 Å². The first-order chi connectivity index (χ1) is 10.3. The van der Waals surface area contributed by atoms with Crippen LogP contribution in [0.1, 0.15) is 36.2 Å². The summed E-state index contributed by atoms with van der Waals surface area (Å²) in [6.07, 6.45) is 2.99. The quantitative estimate of drug-likeness (QED) is 0.796. The molecule has 1 aromatic heterocycles. The van der Waals surface area contributed by atoms with Gasteiger partial charge in [0.15, 0.2) is 5.82 Å². The fourth-order valence-electron chi connectivity index (χ4n) is 2.75. The zero-order chi connectivity index (χ0) is 14.2. The number of fused-ring (bicyclic) bond motifs is 1.